The number of hydrogen-bond donors (Lipinski definition) is 1. The smallest absolute Gasteiger partial charge is 0.126 e. The van der Waals surface area contributed by atoms with Gasteiger partial charge in [0.1, 0.15) is 17.2 Å². The SMILES string of the molecule is CCCCCC1(C)C[C@H](O)c2cc(F)ccc2O1. The summed E-state index contributed by atoms with van der Waals surface area (Å²) in [5.74, 6) is 0.292. The first-order chi connectivity index (χ1) is 8.54. The predicted molar refractivity (Wildman–Crippen MR) is 69.2 cm³/mol. The molecular weight excluding hydrogens is 231 g/mol. The number of ether oxygens (including phenoxy) is 1. The molecule has 1 heterocycles. The second-order valence-corrected chi connectivity index (χ2v) is 5.41. The standard InChI is InChI=1S/C15H21FO2/c1-3-4-5-8-15(2)10-13(17)12-9-11(16)6-7-14(12)18-15/h6-7,9,13,17H,3-5,8,10H2,1-2H3/t13-,15?/m0/s1. The Kier molecular flexibility index (Phi) is 3.91. The Hall–Kier alpha value is -1.09. The first-order valence-corrected chi connectivity index (χ1v) is 6.70. The number of aliphatic hydroxyl groups is 1. The quantitative estimate of drug-likeness (QED) is 0.821. The lowest BCUT2D eigenvalue weighted by atomic mass is 9.86. The van der Waals surface area contributed by atoms with Crippen molar-refractivity contribution in [1.29, 1.82) is 0 Å². The van der Waals surface area contributed by atoms with Gasteiger partial charge in [0.05, 0.1) is 6.10 Å². The van der Waals surface area contributed by atoms with E-state index in [2.05, 4.69) is 6.92 Å². The van der Waals surface area contributed by atoms with Gasteiger partial charge in [-0.15, -0.1) is 0 Å². The molecule has 0 bridgehead atoms. The average Bonchev–Trinajstić information content (AvgIpc) is 2.31. The fourth-order valence-corrected chi connectivity index (χ4v) is 2.60. The summed E-state index contributed by atoms with van der Waals surface area (Å²) in [4.78, 5) is 0. The van der Waals surface area contributed by atoms with Crippen molar-refractivity contribution >= 4 is 0 Å². The number of rotatable bonds is 4. The van der Waals surface area contributed by atoms with E-state index in [9.17, 15) is 9.50 Å². The number of aliphatic hydroxyl groups excluding tert-OH is 1. The molecule has 0 aromatic heterocycles. The van der Waals surface area contributed by atoms with Crippen LogP contribution in [0.2, 0.25) is 0 Å². The van der Waals surface area contributed by atoms with Crippen LogP contribution in [0.1, 0.15) is 57.6 Å². The van der Waals surface area contributed by atoms with Gasteiger partial charge < -0.3 is 9.84 Å². The number of fused-ring (bicyclic) bond motifs is 1. The second-order valence-electron chi connectivity index (χ2n) is 5.41. The molecule has 1 aliphatic rings. The van der Waals surface area contributed by atoms with E-state index in [-0.39, 0.29) is 11.4 Å². The Morgan fingerprint density at radius 1 is 1.44 bits per heavy atom. The molecule has 0 saturated carbocycles. The molecule has 2 nitrogen and oxygen atoms in total. The van der Waals surface area contributed by atoms with Gasteiger partial charge in [0.15, 0.2) is 0 Å². The zero-order chi connectivity index (χ0) is 13.2. The maximum absolute atomic E-state index is 13.1. The van der Waals surface area contributed by atoms with Crippen molar-refractivity contribution in [2.75, 3.05) is 0 Å². The number of hydrogen-bond acceptors (Lipinski definition) is 2. The lowest BCUT2D eigenvalue weighted by Crippen LogP contribution is -2.38. The average molecular weight is 252 g/mol. The van der Waals surface area contributed by atoms with Crippen LogP contribution in [0.5, 0.6) is 5.75 Å². The third-order valence-electron chi connectivity index (χ3n) is 3.62. The van der Waals surface area contributed by atoms with Crippen molar-refractivity contribution in [3.8, 4) is 5.75 Å². The van der Waals surface area contributed by atoms with Gasteiger partial charge in [-0.3, -0.25) is 0 Å². The zero-order valence-corrected chi connectivity index (χ0v) is 11.1. The van der Waals surface area contributed by atoms with E-state index in [0.29, 0.717) is 17.7 Å². The monoisotopic (exact) mass is 252 g/mol. The normalized spacial score (nSPS) is 26.6. The molecule has 1 aliphatic heterocycles. The summed E-state index contributed by atoms with van der Waals surface area (Å²) in [6.45, 7) is 4.19. The highest BCUT2D eigenvalue weighted by Gasteiger charge is 2.36. The molecule has 0 fully saturated rings. The van der Waals surface area contributed by atoms with Crippen LogP contribution in [0.25, 0.3) is 0 Å². The first-order valence-electron chi connectivity index (χ1n) is 6.70. The summed E-state index contributed by atoms with van der Waals surface area (Å²) in [7, 11) is 0. The number of unbranched alkanes of at least 4 members (excludes halogenated alkanes) is 2. The van der Waals surface area contributed by atoms with E-state index in [0.717, 1.165) is 12.8 Å². The second kappa shape index (κ2) is 5.27. The van der Waals surface area contributed by atoms with E-state index in [1.54, 1.807) is 6.07 Å². The van der Waals surface area contributed by atoms with E-state index in [1.807, 2.05) is 6.92 Å². The third-order valence-corrected chi connectivity index (χ3v) is 3.62. The highest BCUT2D eigenvalue weighted by Crippen LogP contribution is 2.41. The molecule has 1 unspecified atom stereocenters. The maximum atomic E-state index is 13.1. The Morgan fingerprint density at radius 3 is 2.94 bits per heavy atom. The van der Waals surface area contributed by atoms with Gasteiger partial charge in [-0.05, 0) is 38.0 Å². The first kappa shape index (κ1) is 13.3. The van der Waals surface area contributed by atoms with Crippen LogP contribution in [0, 0.1) is 5.82 Å². The molecule has 100 valence electrons. The molecule has 18 heavy (non-hydrogen) atoms. The third kappa shape index (κ3) is 2.83. The molecular formula is C15H21FO2. The Labute approximate surface area is 108 Å². The molecule has 2 atom stereocenters. The minimum Gasteiger partial charge on any atom is -0.487 e. The fraction of sp³-hybridized carbons (Fsp3) is 0.600. The van der Waals surface area contributed by atoms with Crippen molar-refractivity contribution in [1.82, 2.24) is 0 Å². The van der Waals surface area contributed by atoms with E-state index in [4.69, 9.17) is 4.74 Å². The summed E-state index contributed by atoms with van der Waals surface area (Å²) in [6, 6.07) is 4.36. The maximum Gasteiger partial charge on any atom is 0.126 e. The Balaban J connectivity index is 2.14. The Morgan fingerprint density at radius 2 is 2.22 bits per heavy atom. The minimum atomic E-state index is -0.629. The summed E-state index contributed by atoms with van der Waals surface area (Å²) >= 11 is 0. The fourth-order valence-electron chi connectivity index (χ4n) is 2.60. The zero-order valence-electron chi connectivity index (χ0n) is 11.1. The van der Waals surface area contributed by atoms with Crippen molar-refractivity contribution < 1.29 is 14.2 Å². The van der Waals surface area contributed by atoms with Crippen LogP contribution in [0.3, 0.4) is 0 Å². The van der Waals surface area contributed by atoms with Crippen molar-refractivity contribution in [3.63, 3.8) is 0 Å². The van der Waals surface area contributed by atoms with E-state index < -0.39 is 6.10 Å². The minimum absolute atomic E-state index is 0.328. The van der Waals surface area contributed by atoms with E-state index in [1.165, 1.54) is 25.0 Å². The van der Waals surface area contributed by atoms with Crippen molar-refractivity contribution in [3.05, 3.63) is 29.6 Å². The molecule has 1 N–H and O–H groups in total. The van der Waals surface area contributed by atoms with Crippen LogP contribution in [-0.2, 0) is 0 Å². The van der Waals surface area contributed by atoms with Crippen molar-refractivity contribution in [2.45, 2.75) is 57.7 Å². The molecule has 0 amide bonds. The molecule has 3 heteroatoms. The van der Waals surface area contributed by atoms with Gasteiger partial charge in [0.25, 0.3) is 0 Å². The van der Waals surface area contributed by atoms with Gasteiger partial charge in [-0.2, -0.15) is 0 Å². The van der Waals surface area contributed by atoms with Gasteiger partial charge >= 0.3 is 0 Å². The predicted octanol–water partition coefficient (Wildman–Crippen LogP) is 3.98. The highest BCUT2D eigenvalue weighted by atomic mass is 19.1. The van der Waals surface area contributed by atoms with Crippen molar-refractivity contribution in [2.24, 2.45) is 0 Å². The van der Waals surface area contributed by atoms with Crippen LogP contribution in [-0.4, -0.2) is 10.7 Å². The van der Waals surface area contributed by atoms with Gasteiger partial charge in [0, 0.05) is 12.0 Å². The number of halogens is 1. The molecule has 0 aliphatic carbocycles. The van der Waals surface area contributed by atoms with Crippen LogP contribution < -0.4 is 4.74 Å². The molecule has 0 spiro atoms. The van der Waals surface area contributed by atoms with Crippen LogP contribution >= 0.6 is 0 Å². The van der Waals surface area contributed by atoms with E-state index >= 15 is 0 Å². The number of benzene rings is 1. The highest BCUT2D eigenvalue weighted by molar-refractivity contribution is 5.38. The molecule has 0 saturated heterocycles. The topological polar surface area (TPSA) is 29.5 Å². The van der Waals surface area contributed by atoms with Crippen LogP contribution in [0.15, 0.2) is 18.2 Å². The lowest BCUT2D eigenvalue weighted by Gasteiger charge is -2.38. The molecule has 2 rings (SSSR count). The molecule has 1 aromatic carbocycles. The summed E-state index contributed by atoms with van der Waals surface area (Å²) in [6.07, 6.45) is 4.26. The van der Waals surface area contributed by atoms with Crippen LogP contribution in [0.4, 0.5) is 4.39 Å². The summed E-state index contributed by atoms with van der Waals surface area (Å²) in [5, 5.41) is 10.1. The van der Waals surface area contributed by atoms with Gasteiger partial charge in [0.2, 0.25) is 0 Å². The lowest BCUT2D eigenvalue weighted by molar-refractivity contribution is -0.00867. The van der Waals surface area contributed by atoms with Gasteiger partial charge in [-0.1, -0.05) is 19.8 Å². The molecule has 0 radical (unpaired) electrons. The summed E-state index contributed by atoms with van der Waals surface area (Å²) in [5.41, 5.74) is 0.238. The van der Waals surface area contributed by atoms with Gasteiger partial charge in [-0.25, -0.2) is 4.39 Å². The largest absolute Gasteiger partial charge is 0.487 e. The Bertz CT molecular complexity index is 419. The summed E-state index contributed by atoms with van der Waals surface area (Å²) < 4.78 is 19.1. The molecule has 1 aromatic rings.